The molecule has 0 spiro atoms. The standard InChI is InChI=1S/C9H17IO4S/c1-2-13-9(11)8-12-6-4-3-5-7-14-15-10/h2-8H2,1H3. The van der Waals surface area contributed by atoms with Crippen molar-refractivity contribution in [2.45, 2.75) is 26.2 Å². The van der Waals surface area contributed by atoms with E-state index in [-0.39, 0.29) is 12.6 Å². The van der Waals surface area contributed by atoms with E-state index < -0.39 is 0 Å². The third kappa shape index (κ3) is 12.4. The van der Waals surface area contributed by atoms with Gasteiger partial charge in [-0.15, -0.1) is 0 Å². The maximum atomic E-state index is 10.8. The molecule has 0 amide bonds. The fraction of sp³-hybridized carbons (Fsp3) is 0.889. The molecule has 0 N–H and O–H groups in total. The number of rotatable bonds is 10. The molecule has 0 saturated heterocycles. The van der Waals surface area contributed by atoms with Crippen molar-refractivity contribution in [3.63, 3.8) is 0 Å². The van der Waals surface area contributed by atoms with Crippen molar-refractivity contribution in [2.24, 2.45) is 0 Å². The third-order valence-corrected chi connectivity index (χ3v) is 2.60. The minimum Gasteiger partial charge on any atom is -0.464 e. The van der Waals surface area contributed by atoms with Crippen LogP contribution in [0.1, 0.15) is 26.2 Å². The zero-order valence-corrected chi connectivity index (χ0v) is 11.8. The number of ether oxygens (including phenoxy) is 2. The summed E-state index contributed by atoms with van der Waals surface area (Å²) < 4.78 is 14.9. The Balaban J connectivity index is 3.01. The summed E-state index contributed by atoms with van der Waals surface area (Å²) in [5.41, 5.74) is 0. The van der Waals surface area contributed by atoms with Crippen molar-refractivity contribution < 1.29 is 18.5 Å². The molecule has 0 aromatic rings. The smallest absolute Gasteiger partial charge is 0.332 e. The fourth-order valence-electron chi connectivity index (χ4n) is 0.932. The highest BCUT2D eigenvalue weighted by Crippen LogP contribution is 2.12. The minimum atomic E-state index is -0.290. The van der Waals surface area contributed by atoms with Gasteiger partial charge in [-0.2, -0.15) is 0 Å². The van der Waals surface area contributed by atoms with E-state index in [1.165, 1.54) is 9.21 Å². The predicted octanol–water partition coefficient (Wildman–Crippen LogP) is 2.75. The zero-order chi connectivity index (χ0) is 11.4. The Morgan fingerprint density at radius 2 is 2.00 bits per heavy atom. The van der Waals surface area contributed by atoms with Crippen molar-refractivity contribution >= 4 is 36.4 Å². The largest absolute Gasteiger partial charge is 0.464 e. The summed E-state index contributed by atoms with van der Waals surface area (Å²) >= 11 is 2.10. The number of esters is 1. The number of hydrogen-bond acceptors (Lipinski definition) is 5. The molecule has 0 aliphatic carbocycles. The number of carbonyl (C=O) groups excluding carboxylic acids is 1. The average Bonchev–Trinajstić information content (AvgIpc) is 2.22. The van der Waals surface area contributed by atoms with Gasteiger partial charge in [0.2, 0.25) is 0 Å². The van der Waals surface area contributed by atoms with Gasteiger partial charge >= 0.3 is 5.97 Å². The summed E-state index contributed by atoms with van der Waals surface area (Å²) in [6, 6.07) is 0. The molecule has 0 atom stereocenters. The molecule has 0 aliphatic rings. The Morgan fingerprint density at radius 1 is 1.27 bits per heavy atom. The quantitative estimate of drug-likeness (QED) is 0.263. The lowest BCUT2D eigenvalue weighted by atomic mass is 10.2. The first kappa shape index (κ1) is 15.5. The SMILES string of the molecule is CCOC(=O)COCCCCCOSI. The number of carbonyl (C=O) groups is 1. The molecule has 0 bridgehead atoms. The monoisotopic (exact) mass is 348 g/mol. The van der Waals surface area contributed by atoms with E-state index >= 15 is 0 Å². The topological polar surface area (TPSA) is 44.8 Å². The van der Waals surface area contributed by atoms with Crippen LogP contribution in [0.15, 0.2) is 0 Å². The van der Waals surface area contributed by atoms with Crippen LogP contribution in [0, 0.1) is 0 Å². The van der Waals surface area contributed by atoms with Gasteiger partial charge in [0.05, 0.1) is 22.4 Å². The number of unbranched alkanes of at least 4 members (excludes halogenated alkanes) is 2. The first-order valence-electron chi connectivity index (χ1n) is 4.94. The summed E-state index contributed by atoms with van der Waals surface area (Å²) in [6.45, 7) is 3.63. The van der Waals surface area contributed by atoms with Crippen LogP contribution in [-0.4, -0.2) is 32.4 Å². The van der Waals surface area contributed by atoms with E-state index in [0.717, 1.165) is 25.9 Å². The molecule has 0 aromatic heterocycles. The molecule has 6 heteroatoms. The van der Waals surface area contributed by atoms with Crippen molar-refractivity contribution in [1.29, 1.82) is 0 Å². The average molecular weight is 348 g/mol. The molecular weight excluding hydrogens is 331 g/mol. The van der Waals surface area contributed by atoms with Gasteiger partial charge in [0.15, 0.2) is 0 Å². The highest BCUT2D eigenvalue weighted by atomic mass is 127. The summed E-state index contributed by atoms with van der Waals surface area (Å²) in [5.74, 6) is -0.290. The highest BCUT2D eigenvalue weighted by Gasteiger charge is 2.00. The van der Waals surface area contributed by atoms with E-state index in [1.54, 1.807) is 6.92 Å². The van der Waals surface area contributed by atoms with Crippen molar-refractivity contribution in [2.75, 3.05) is 26.4 Å². The third-order valence-electron chi connectivity index (χ3n) is 1.59. The minimum absolute atomic E-state index is 0.0634. The van der Waals surface area contributed by atoms with E-state index in [4.69, 9.17) is 13.7 Å². The van der Waals surface area contributed by atoms with Crippen LogP contribution in [0.4, 0.5) is 0 Å². The van der Waals surface area contributed by atoms with Crippen LogP contribution < -0.4 is 0 Å². The van der Waals surface area contributed by atoms with E-state index in [9.17, 15) is 4.79 Å². The first-order chi connectivity index (χ1) is 7.31. The number of hydrogen-bond donors (Lipinski definition) is 0. The Bertz CT molecular complexity index is 157. The molecule has 0 heterocycles. The summed E-state index contributed by atoms with van der Waals surface area (Å²) in [6.07, 6.45) is 3.04. The van der Waals surface area contributed by atoms with Crippen LogP contribution in [0.25, 0.3) is 0 Å². The van der Waals surface area contributed by atoms with Crippen LogP contribution in [0.5, 0.6) is 0 Å². The lowest BCUT2D eigenvalue weighted by Gasteiger charge is -2.03. The summed E-state index contributed by atoms with van der Waals surface area (Å²) in [7, 11) is 1.36. The first-order valence-corrected chi connectivity index (χ1v) is 8.23. The van der Waals surface area contributed by atoms with Gasteiger partial charge in [0, 0.05) is 27.8 Å². The molecule has 0 rings (SSSR count). The van der Waals surface area contributed by atoms with Gasteiger partial charge in [-0.25, -0.2) is 4.79 Å². The number of halogens is 1. The van der Waals surface area contributed by atoms with E-state index in [0.29, 0.717) is 13.2 Å². The second-order valence-electron chi connectivity index (χ2n) is 2.80. The van der Waals surface area contributed by atoms with Gasteiger partial charge < -0.3 is 13.7 Å². The molecule has 4 nitrogen and oxygen atoms in total. The molecular formula is C9H17IO4S. The van der Waals surface area contributed by atoms with Gasteiger partial charge in [0.25, 0.3) is 0 Å². The zero-order valence-electron chi connectivity index (χ0n) is 8.87. The van der Waals surface area contributed by atoms with E-state index in [2.05, 4.69) is 21.2 Å². The summed E-state index contributed by atoms with van der Waals surface area (Å²) in [4.78, 5) is 10.8. The molecule has 0 radical (unpaired) electrons. The second-order valence-corrected chi connectivity index (χ2v) is 4.24. The second kappa shape index (κ2) is 12.5. The maximum absolute atomic E-state index is 10.8. The maximum Gasteiger partial charge on any atom is 0.332 e. The highest BCUT2D eigenvalue weighted by molar-refractivity contribution is 14.2. The van der Waals surface area contributed by atoms with Crippen LogP contribution >= 0.6 is 30.4 Å². The molecule has 15 heavy (non-hydrogen) atoms. The van der Waals surface area contributed by atoms with Gasteiger partial charge in [-0.05, 0) is 26.2 Å². The van der Waals surface area contributed by atoms with Gasteiger partial charge in [0.1, 0.15) is 6.61 Å². The molecule has 0 aromatic carbocycles. The van der Waals surface area contributed by atoms with Gasteiger partial charge in [-0.1, -0.05) is 0 Å². The van der Waals surface area contributed by atoms with Crippen LogP contribution in [-0.2, 0) is 18.5 Å². The molecule has 0 fully saturated rings. The Kier molecular flexibility index (Phi) is 12.9. The predicted molar refractivity (Wildman–Crippen MR) is 68.9 cm³/mol. The molecule has 0 saturated carbocycles. The molecule has 0 unspecified atom stereocenters. The Morgan fingerprint density at radius 3 is 2.67 bits per heavy atom. The molecule has 90 valence electrons. The summed E-state index contributed by atoms with van der Waals surface area (Å²) in [5, 5.41) is 0. The Labute approximate surface area is 107 Å². The Hall–Kier alpha value is 0.470. The lowest BCUT2D eigenvalue weighted by molar-refractivity contribution is -0.148. The van der Waals surface area contributed by atoms with Crippen molar-refractivity contribution in [3.8, 4) is 0 Å². The van der Waals surface area contributed by atoms with Crippen molar-refractivity contribution in [1.82, 2.24) is 0 Å². The van der Waals surface area contributed by atoms with Crippen LogP contribution in [0.2, 0.25) is 0 Å². The van der Waals surface area contributed by atoms with Gasteiger partial charge in [-0.3, -0.25) is 0 Å². The normalized spacial score (nSPS) is 10.3. The molecule has 0 aliphatic heterocycles. The van der Waals surface area contributed by atoms with Crippen molar-refractivity contribution in [3.05, 3.63) is 0 Å². The fourth-order valence-corrected chi connectivity index (χ4v) is 1.65. The lowest BCUT2D eigenvalue weighted by Crippen LogP contribution is -2.12. The van der Waals surface area contributed by atoms with E-state index in [1.807, 2.05) is 0 Å². The van der Waals surface area contributed by atoms with Crippen LogP contribution in [0.3, 0.4) is 0 Å².